The van der Waals surface area contributed by atoms with Crippen LogP contribution in [0.2, 0.25) is 0 Å². The van der Waals surface area contributed by atoms with Crippen molar-refractivity contribution < 1.29 is 4.79 Å². The second-order valence-corrected chi connectivity index (χ2v) is 6.46. The monoisotopic (exact) mass is 339 g/mol. The number of likely N-dealkylation sites (tertiary alicyclic amines) is 1. The van der Waals surface area contributed by atoms with Crippen LogP contribution in [-0.2, 0) is 11.3 Å². The van der Waals surface area contributed by atoms with Gasteiger partial charge in [-0.05, 0) is 24.3 Å². The smallest absolute Gasteiger partial charge is 0.237 e. The van der Waals surface area contributed by atoms with Gasteiger partial charge in [0, 0.05) is 25.7 Å². The van der Waals surface area contributed by atoms with E-state index in [1.807, 2.05) is 13.0 Å². The summed E-state index contributed by atoms with van der Waals surface area (Å²) in [6, 6.07) is 10.4. The van der Waals surface area contributed by atoms with Gasteiger partial charge in [0.05, 0.1) is 6.04 Å². The summed E-state index contributed by atoms with van der Waals surface area (Å²) in [5.74, 6) is 0.244. The second kappa shape index (κ2) is 9.91. The minimum Gasteiger partial charge on any atom is -0.352 e. The normalized spacial score (nSPS) is 18.7. The van der Waals surface area contributed by atoms with Crippen molar-refractivity contribution in [1.82, 2.24) is 10.2 Å². The van der Waals surface area contributed by atoms with Crippen molar-refractivity contribution in [1.29, 1.82) is 0 Å². The molecule has 2 rings (SSSR count). The Labute approximate surface area is 146 Å². The maximum absolute atomic E-state index is 12.1. The van der Waals surface area contributed by atoms with Crippen molar-refractivity contribution >= 4 is 18.3 Å². The number of nitrogens with zero attached hydrogens (tertiary/aromatic N) is 1. The highest BCUT2D eigenvalue weighted by Gasteiger charge is 2.25. The number of halogens is 1. The zero-order chi connectivity index (χ0) is 15.9. The number of carbonyl (C=O) groups excluding carboxylic acids is 1. The van der Waals surface area contributed by atoms with E-state index in [0.717, 1.165) is 38.9 Å². The van der Waals surface area contributed by atoms with Crippen LogP contribution in [0.4, 0.5) is 0 Å². The molecule has 2 unspecified atom stereocenters. The van der Waals surface area contributed by atoms with Crippen molar-refractivity contribution in [3.63, 3.8) is 0 Å². The maximum Gasteiger partial charge on any atom is 0.237 e. The van der Waals surface area contributed by atoms with Crippen LogP contribution in [0.15, 0.2) is 30.3 Å². The molecule has 4 nitrogen and oxygen atoms in total. The average molecular weight is 340 g/mol. The quantitative estimate of drug-likeness (QED) is 0.837. The second-order valence-electron chi connectivity index (χ2n) is 6.46. The Kier molecular flexibility index (Phi) is 8.59. The molecule has 0 spiro atoms. The fourth-order valence-corrected chi connectivity index (χ4v) is 2.89. The molecule has 1 aliphatic heterocycles. The van der Waals surface area contributed by atoms with E-state index in [1.165, 1.54) is 5.56 Å². The Morgan fingerprint density at radius 3 is 2.48 bits per heavy atom. The number of nitrogens with one attached hydrogen (secondary N) is 1. The third kappa shape index (κ3) is 6.13. The van der Waals surface area contributed by atoms with Crippen LogP contribution in [0.3, 0.4) is 0 Å². The van der Waals surface area contributed by atoms with Crippen molar-refractivity contribution in [3.05, 3.63) is 35.9 Å². The first kappa shape index (κ1) is 19.9. The number of piperidine rings is 1. The number of benzene rings is 1. The lowest BCUT2D eigenvalue weighted by Gasteiger charge is -2.33. The molecule has 130 valence electrons. The highest BCUT2D eigenvalue weighted by molar-refractivity contribution is 5.85. The predicted octanol–water partition coefficient (Wildman–Crippen LogP) is 2.56. The van der Waals surface area contributed by atoms with E-state index in [4.69, 9.17) is 5.73 Å². The number of rotatable bonds is 6. The summed E-state index contributed by atoms with van der Waals surface area (Å²) in [6.07, 6.45) is 2.95. The molecule has 1 aliphatic rings. The van der Waals surface area contributed by atoms with Crippen LogP contribution in [0.5, 0.6) is 0 Å². The van der Waals surface area contributed by atoms with E-state index in [1.54, 1.807) is 0 Å². The topological polar surface area (TPSA) is 58.4 Å². The van der Waals surface area contributed by atoms with Gasteiger partial charge in [0.2, 0.25) is 5.91 Å². The fourth-order valence-electron chi connectivity index (χ4n) is 2.89. The van der Waals surface area contributed by atoms with Crippen molar-refractivity contribution in [3.8, 4) is 0 Å². The van der Waals surface area contributed by atoms with Crippen molar-refractivity contribution in [2.24, 2.45) is 11.7 Å². The summed E-state index contributed by atoms with van der Waals surface area (Å²) in [4.78, 5) is 14.6. The molecule has 1 amide bonds. The van der Waals surface area contributed by atoms with Crippen molar-refractivity contribution in [2.75, 3.05) is 13.1 Å². The summed E-state index contributed by atoms with van der Waals surface area (Å²) in [7, 11) is 0. The Hall–Kier alpha value is -1.10. The van der Waals surface area contributed by atoms with Crippen LogP contribution < -0.4 is 11.1 Å². The minimum absolute atomic E-state index is 0. The summed E-state index contributed by atoms with van der Waals surface area (Å²) < 4.78 is 0. The van der Waals surface area contributed by atoms with E-state index in [-0.39, 0.29) is 36.3 Å². The van der Waals surface area contributed by atoms with Crippen LogP contribution in [0.25, 0.3) is 0 Å². The van der Waals surface area contributed by atoms with E-state index in [9.17, 15) is 4.79 Å². The molecule has 5 heteroatoms. The zero-order valence-electron chi connectivity index (χ0n) is 14.2. The average Bonchev–Trinajstić information content (AvgIpc) is 2.56. The van der Waals surface area contributed by atoms with Gasteiger partial charge in [-0.2, -0.15) is 0 Å². The maximum atomic E-state index is 12.1. The zero-order valence-corrected chi connectivity index (χ0v) is 15.0. The molecule has 1 aromatic carbocycles. The van der Waals surface area contributed by atoms with Gasteiger partial charge in [-0.3, -0.25) is 9.69 Å². The number of nitrogens with two attached hydrogens (primary N) is 1. The number of hydrogen-bond acceptors (Lipinski definition) is 3. The lowest BCUT2D eigenvalue weighted by molar-refractivity contribution is -0.124. The van der Waals surface area contributed by atoms with Gasteiger partial charge in [0.25, 0.3) is 0 Å². The molecule has 1 fully saturated rings. The predicted molar refractivity (Wildman–Crippen MR) is 97.6 cm³/mol. The molecule has 1 aromatic rings. The summed E-state index contributed by atoms with van der Waals surface area (Å²) in [5.41, 5.74) is 7.35. The Morgan fingerprint density at radius 1 is 1.30 bits per heavy atom. The van der Waals surface area contributed by atoms with E-state index in [2.05, 4.69) is 41.4 Å². The van der Waals surface area contributed by atoms with Gasteiger partial charge in [-0.25, -0.2) is 0 Å². The molecule has 3 N–H and O–H groups in total. The first-order valence-corrected chi connectivity index (χ1v) is 8.42. The third-order valence-corrected chi connectivity index (χ3v) is 4.74. The third-order valence-electron chi connectivity index (χ3n) is 4.74. The highest BCUT2D eigenvalue weighted by Crippen LogP contribution is 2.14. The van der Waals surface area contributed by atoms with Gasteiger partial charge in [-0.15, -0.1) is 12.4 Å². The highest BCUT2D eigenvalue weighted by atomic mass is 35.5. The van der Waals surface area contributed by atoms with Gasteiger partial charge in [-0.1, -0.05) is 50.6 Å². The summed E-state index contributed by atoms with van der Waals surface area (Å²) >= 11 is 0. The molecule has 1 heterocycles. The van der Waals surface area contributed by atoms with Gasteiger partial charge in [0.15, 0.2) is 0 Å². The lowest BCUT2D eigenvalue weighted by Crippen LogP contribution is -2.51. The fraction of sp³-hybridized carbons (Fsp3) is 0.611. The van der Waals surface area contributed by atoms with E-state index >= 15 is 0 Å². The van der Waals surface area contributed by atoms with Crippen LogP contribution in [0.1, 0.15) is 38.7 Å². The SMILES string of the molecule is CCC(C)C(N)C(=O)NC1CCN(Cc2ccccc2)CC1.Cl. The minimum atomic E-state index is -0.382. The Bertz CT molecular complexity index is 461. The van der Waals surface area contributed by atoms with Crippen molar-refractivity contribution in [2.45, 2.75) is 51.7 Å². The standard InChI is InChI=1S/C18H29N3O.ClH/c1-3-14(2)17(19)18(22)20-16-9-11-21(12-10-16)13-15-7-5-4-6-8-15;/h4-8,14,16-17H,3,9-13,19H2,1-2H3,(H,20,22);1H. The summed E-state index contributed by atoms with van der Waals surface area (Å²) in [5, 5.41) is 3.13. The molecule has 0 aliphatic carbocycles. The first-order valence-electron chi connectivity index (χ1n) is 8.42. The van der Waals surface area contributed by atoms with Crippen LogP contribution >= 0.6 is 12.4 Å². The molecule has 23 heavy (non-hydrogen) atoms. The van der Waals surface area contributed by atoms with Gasteiger partial charge in [0.1, 0.15) is 0 Å². The molecular weight excluding hydrogens is 310 g/mol. The van der Waals surface area contributed by atoms with Gasteiger partial charge < -0.3 is 11.1 Å². The largest absolute Gasteiger partial charge is 0.352 e. The molecular formula is C18H30ClN3O. The summed E-state index contributed by atoms with van der Waals surface area (Å²) in [6.45, 7) is 7.15. The number of carbonyl (C=O) groups is 1. The number of amides is 1. The van der Waals surface area contributed by atoms with Crippen LogP contribution in [0, 0.1) is 5.92 Å². The Balaban J connectivity index is 0.00000264. The van der Waals surface area contributed by atoms with Gasteiger partial charge >= 0.3 is 0 Å². The van der Waals surface area contributed by atoms with Crippen LogP contribution in [-0.4, -0.2) is 36.0 Å². The molecule has 2 atom stereocenters. The molecule has 1 saturated heterocycles. The van der Waals surface area contributed by atoms with E-state index in [0.29, 0.717) is 0 Å². The molecule has 0 radical (unpaired) electrons. The molecule has 0 aromatic heterocycles. The first-order chi connectivity index (χ1) is 10.6. The number of hydrogen-bond donors (Lipinski definition) is 2. The molecule has 0 bridgehead atoms. The van der Waals surface area contributed by atoms with E-state index < -0.39 is 0 Å². The molecule has 0 saturated carbocycles. The Morgan fingerprint density at radius 2 is 1.91 bits per heavy atom. The lowest BCUT2D eigenvalue weighted by atomic mass is 9.98.